The van der Waals surface area contributed by atoms with Crippen LogP contribution in [0.15, 0.2) is 22.7 Å². The fraction of sp³-hybridized carbons (Fsp3) is 0.200. The first kappa shape index (κ1) is 10.9. The normalized spacial score (nSPS) is 9.57. The Kier molecular flexibility index (Phi) is 3.83. The predicted molar refractivity (Wildman–Crippen MR) is 55.2 cm³/mol. The van der Waals surface area contributed by atoms with Gasteiger partial charge in [0, 0.05) is 10.9 Å². The van der Waals surface area contributed by atoms with E-state index in [9.17, 15) is 9.59 Å². The molecule has 0 atom stereocenters. The van der Waals surface area contributed by atoms with E-state index in [1.807, 2.05) is 0 Å². The summed E-state index contributed by atoms with van der Waals surface area (Å²) >= 11 is 3.24. The third kappa shape index (κ3) is 2.42. The van der Waals surface area contributed by atoms with E-state index >= 15 is 0 Å². The SMILES string of the molecule is COC(=O)c1ccc(CC=O)cc1Br. The van der Waals surface area contributed by atoms with Gasteiger partial charge in [-0.3, -0.25) is 0 Å². The standard InChI is InChI=1S/C10H9BrO3/c1-14-10(13)8-3-2-7(4-5-12)6-9(8)11/h2-3,5-6H,4H2,1H3. The molecule has 0 N–H and O–H groups in total. The highest BCUT2D eigenvalue weighted by atomic mass is 79.9. The van der Waals surface area contributed by atoms with Crippen LogP contribution in [0.1, 0.15) is 15.9 Å². The molecule has 3 nitrogen and oxygen atoms in total. The Morgan fingerprint density at radius 1 is 1.57 bits per heavy atom. The number of rotatable bonds is 3. The fourth-order valence-corrected chi connectivity index (χ4v) is 1.65. The second kappa shape index (κ2) is 4.91. The molecule has 0 spiro atoms. The molecule has 0 bridgehead atoms. The molecule has 0 radical (unpaired) electrons. The number of benzene rings is 1. The summed E-state index contributed by atoms with van der Waals surface area (Å²) in [5.41, 5.74) is 1.32. The molecule has 0 aliphatic carbocycles. The Morgan fingerprint density at radius 3 is 2.79 bits per heavy atom. The number of methoxy groups -OCH3 is 1. The van der Waals surface area contributed by atoms with E-state index < -0.39 is 5.97 Å². The van der Waals surface area contributed by atoms with Crippen molar-refractivity contribution in [3.8, 4) is 0 Å². The maximum Gasteiger partial charge on any atom is 0.338 e. The van der Waals surface area contributed by atoms with E-state index in [2.05, 4.69) is 20.7 Å². The first-order valence-corrected chi connectivity index (χ1v) is 4.78. The first-order chi connectivity index (χ1) is 6.69. The Bertz CT molecular complexity index is 360. The lowest BCUT2D eigenvalue weighted by molar-refractivity contribution is -0.107. The quantitative estimate of drug-likeness (QED) is 0.614. The molecule has 0 saturated heterocycles. The van der Waals surface area contributed by atoms with E-state index in [4.69, 9.17) is 0 Å². The van der Waals surface area contributed by atoms with Crippen LogP contribution in [0.25, 0.3) is 0 Å². The summed E-state index contributed by atoms with van der Waals surface area (Å²) in [6.45, 7) is 0. The van der Waals surface area contributed by atoms with Gasteiger partial charge in [-0.05, 0) is 33.6 Å². The van der Waals surface area contributed by atoms with Crippen LogP contribution in [0.2, 0.25) is 0 Å². The molecule has 0 aromatic heterocycles. The minimum Gasteiger partial charge on any atom is -0.465 e. The number of hydrogen-bond acceptors (Lipinski definition) is 3. The van der Waals surface area contributed by atoms with E-state index in [1.54, 1.807) is 18.2 Å². The summed E-state index contributed by atoms with van der Waals surface area (Å²) in [7, 11) is 1.33. The second-order valence-electron chi connectivity index (χ2n) is 2.68. The van der Waals surface area contributed by atoms with Gasteiger partial charge in [-0.1, -0.05) is 6.07 Å². The molecule has 1 aromatic carbocycles. The van der Waals surface area contributed by atoms with Crippen LogP contribution in [0.5, 0.6) is 0 Å². The lowest BCUT2D eigenvalue weighted by atomic mass is 10.1. The average Bonchev–Trinajstić information content (AvgIpc) is 2.17. The average molecular weight is 257 g/mol. The summed E-state index contributed by atoms with van der Waals surface area (Å²) in [6.07, 6.45) is 1.17. The Labute approximate surface area is 90.2 Å². The lowest BCUT2D eigenvalue weighted by Crippen LogP contribution is -2.02. The van der Waals surface area contributed by atoms with E-state index in [0.717, 1.165) is 11.8 Å². The number of aldehydes is 1. The summed E-state index contributed by atoms with van der Waals surface area (Å²) in [5, 5.41) is 0. The second-order valence-corrected chi connectivity index (χ2v) is 3.53. The van der Waals surface area contributed by atoms with Gasteiger partial charge in [-0.15, -0.1) is 0 Å². The molecule has 14 heavy (non-hydrogen) atoms. The number of hydrogen-bond donors (Lipinski definition) is 0. The molecular formula is C10H9BrO3. The topological polar surface area (TPSA) is 43.4 Å². The first-order valence-electron chi connectivity index (χ1n) is 3.99. The van der Waals surface area contributed by atoms with Gasteiger partial charge in [0.15, 0.2) is 0 Å². The van der Waals surface area contributed by atoms with Crippen molar-refractivity contribution in [1.82, 2.24) is 0 Å². The van der Waals surface area contributed by atoms with Crippen molar-refractivity contribution in [3.05, 3.63) is 33.8 Å². The highest BCUT2D eigenvalue weighted by molar-refractivity contribution is 9.10. The summed E-state index contributed by atoms with van der Waals surface area (Å²) in [5.74, 6) is -0.394. The van der Waals surface area contributed by atoms with Crippen LogP contribution >= 0.6 is 15.9 Å². The van der Waals surface area contributed by atoms with Crippen molar-refractivity contribution in [2.45, 2.75) is 6.42 Å². The van der Waals surface area contributed by atoms with Crippen molar-refractivity contribution in [1.29, 1.82) is 0 Å². The highest BCUT2D eigenvalue weighted by Crippen LogP contribution is 2.19. The van der Waals surface area contributed by atoms with Crippen molar-refractivity contribution in [2.24, 2.45) is 0 Å². The molecule has 0 heterocycles. The smallest absolute Gasteiger partial charge is 0.338 e. The molecule has 74 valence electrons. The summed E-state index contributed by atoms with van der Waals surface area (Å²) in [4.78, 5) is 21.4. The van der Waals surface area contributed by atoms with E-state index in [0.29, 0.717) is 16.5 Å². The van der Waals surface area contributed by atoms with Gasteiger partial charge in [0.05, 0.1) is 12.7 Å². The monoisotopic (exact) mass is 256 g/mol. The number of halogens is 1. The largest absolute Gasteiger partial charge is 0.465 e. The molecule has 0 saturated carbocycles. The van der Waals surface area contributed by atoms with E-state index in [1.165, 1.54) is 7.11 Å². The van der Waals surface area contributed by atoms with Gasteiger partial charge < -0.3 is 9.53 Å². The lowest BCUT2D eigenvalue weighted by Gasteiger charge is -2.03. The van der Waals surface area contributed by atoms with Crippen molar-refractivity contribution >= 4 is 28.2 Å². The Morgan fingerprint density at radius 2 is 2.29 bits per heavy atom. The van der Waals surface area contributed by atoms with Gasteiger partial charge in [0.1, 0.15) is 6.29 Å². The zero-order chi connectivity index (χ0) is 10.6. The molecular weight excluding hydrogens is 248 g/mol. The van der Waals surface area contributed by atoms with Gasteiger partial charge >= 0.3 is 5.97 Å². The zero-order valence-corrected chi connectivity index (χ0v) is 9.21. The molecule has 1 aromatic rings. The van der Waals surface area contributed by atoms with Gasteiger partial charge in [0.2, 0.25) is 0 Å². The van der Waals surface area contributed by atoms with Gasteiger partial charge in [-0.2, -0.15) is 0 Å². The summed E-state index contributed by atoms with van der Waals surface area (Å²) < 4.78 is 5.22. The molecule has 0 fully saturated rings. The fourth-order valence-electron chi connectivity index (χ4n) is 1.06. The number of carbonyl (C=O) groups is 2. The molecule has 0 aliphatic heterocycles. The highest BCUT2D eigenvalue weighted by Gasteiger charge is 2.09. The van der Waals surface area contributed by atoms with Crippen LogP contribution in [0.4, 0.5) is 0 Å². The minimum atomic E-state index is -0.394. The van der Waals surface area contributed by atoms with Crippen molar-refractivity contribution in [3.63, 3.8) is 0 Å². The Balaban J connectivity index is 3.00. The van der Waals surface area contributed by atoms with Gasteiger partial charge in [-0.25, -0.2) is 4.79 Å². The van der Waals surface area contributed by atoms with Crippen molar-refractivity contribution in [2.75, 3.05) is 7.11 Å². The summed E-state index contributed by atoms with van der Waals surface area (Å²) in [6, 6.07) is 5.10. The predicted octanol–water partition coefficient (Wildman–Crippen LogP) is 1.98. The molecule has 0 amide bonds. The Hall–Kier alpha value is -1.16. The van der Waals surface area contributed by atoms with Crippen LogP contribution < -0.4 is 0 Å². The number of esters is 1. The maximum atomic E-state index is 11.2. The molecule has 4 heteroatoms. The van der Waals surface area contributed by atoms with E-state index in [-0.39, 0.29) is 0 Å². The number of ether oxygens (including phenoxy) is 1. The molecule has 1 rings (SSSR count). The van der Waals surface area contributed by atoms with Crippen LogP contribution in [0.3, 0.4) is 0 Å². The maximum absolute atomic E-state index is 11.2. The molecule has 0 aliphatic rings. The van der Waals surface area contributed by atoms with Crippen LogP contribution in [-0.2, 0) is 16.0 Å². The molecule has 0 unspecified atom stereocenters. The van der Waals surface area contributed by atoms with Crippen LogP contribution in [0, 0.1) is 0 Å². The zero-order valence-electron chi connectivity index (χ0n) is 7.62. The third-order valence-corrected chi connectivity index (χ3v) is 2.41. The van der Waals surface area contributed by atoms with Gasteiger partial charge in [0.25, 0.3) is 0 Å². The van der Waals surface area contributed by atoms with Crippen molar-refractivity contribution < 1.29 is 14.3 Å². The third-order valence-electron chi connectivity index (χ3n) is 1.76. The minimum absolute atomic E-state index is 0.347. The van der Waals surface area contributed by atoms with Crippen LogP contribution in [-0.4, -0.2) is 19.4 Å². The number of carbonyl (C=O) groups excluding carboxylic acids is 2.